The molecule has 0 radical (unpaired) electrons. The normalized spacial score (nSPS) is 13.8. The molecule has 0 fully saturated rings. The van der Waals surface area contributed by atoms with Crippen molar-refractivity contribution in [3.8, 4) is 5.88 Å². The molecule has 1 aliphatic heterocycles. The Kier molecular flexibility index (Phi) is 3.80. The third kappa shape index (κ3) is 2.74. The number of rotatable bonds is 5. The maximum Gasteiger partial charge on any atom is 0.218 e. The third-order valence-corrected chi connectivity index (χ3v) is 3.46. The highest BCUT2D eigenvalue weighted by atomic mass is 16.5. The molecule has 0 unspecified atom stereocenters. The van der Waals surface area contributed by atoms with Crippen LogP contribution in [0.25, 0.3) is 0 Å². The number of fused-ring (bicyclic) bond motifs is 1. The highest BCUT2D eigenvalue weighted by Gasteiger charge is 2.14. The van der Waals surface area contributed by atoms with E-state index in [1.165, 1.54) is 30.4 Å². The van der Waals surface area contributed by atoms with Gasteiger partial charge < -0.3 is 10.1 Å². The van der Waals surface area contributed by atoms with Gasteiger partial charge >= 0.3 is 0 Å². The standard InChI is InChI=1S/C14H19N5O/c1-2-20-14-7-13(16-10-17-14)15-8-11-9-18-19-6-4-3-5-12(11)19/h7,9-10H,2-6,8H2,1H3,(H,15,16,17). The van der Waals surface area contributed by atoms with Gasteiger partial charge in [0.15, 0.2) is 0 Å². The molecule has 6 heteroatoms. The monoisotopic (exact) mass is 273 g/mol. The summed E-state index contributed by atoms with van der Waals surface area (Å²) in [7, 11) is 0. The van der Waals surface area contributed by atoms with Gasteiger partial charge in [-0.3, -0.25) is 4.68 Å². The molecule has 0 spiro atoms. The fourth-order valence-electron chi connectivity index (χ4n) is 2.48. The Morgan fingerprint density at radius 1 is 1.35 bits per heavy atom. The van der Waals surface area contributed by atoms with Crippen molar-refractivity contribution in [3.63, 3.8) is 0 Å². The van der Waals surface area contributed by atoms with Crippen LogP contribution in [0.4, 0.5) is 5.82 Å². The van der Waals surface area contributed by atoms with Crippen LogP contribution in [0.3, 0.4) is 0 Å². The van der Waals surface area contributed by atoms with Crippen molar-refractivity contribution in [2.45, 2.75) is 39.3 Å². The first kappa shape index (κ1) is 12.9. The van der Waals surface area contributed by atoms with E-state index in [2.05, 4.69) is 25.1 Å². The van der Waals surface area contributed by atoms with E-state index in [0.717, 1.165) is 25.3 Å². The first-order chi connectivity index (χ1) is 9.86. The van der Waals surface area contributed by atoms with Crippen LogP contribution in [0.2, 0.25) is 0 Å². The van der Waals surface area contributed by atoms with E-state index in [4.69, 9.17) is 4.74 Å². The van der Waals surface area contributed by atoms with Crippen LogP contribution in [0, 0.1) is 0 Å². The van der Waals surface area contributed by atoms with Gasteiger partial charge in [0.25, 0.3) is 0 Å². The molecule has 0 bridgehead atoms. The fourth-order valence-corrected chi connectivity index (χ4v) is 2.48. The summed E-state index contributed by atoms with van der Waals surface area (Å²) in [5.74, 6) is 1.38. The topological polar surface area (TPSA) is 64.9 Å². The van der Waals surface area contributed by atoms with Crippen LogP contribution < -0.4 is 10.1 Å². The molecule has 3 rings (SSSR count). The first-order valence-electron chi connectivity index (χ1n) is 7.09. The number of aromatic nitrogens is 4. The molecule has 2 aromatic heterocycles. The molecule has 1 aliphatic rings. The Balaban J connectivity index is 1.67. The summed E-state index contributed by atoms with van der Waals surface area (Å²) in [6.07, 6.45) is 7.07. The van der Waals surface area contributed by atoms with Gasteiger partial charge in [-0.25, -0.2) is 9.97 Å². The van der Waals surface area contributed by atoms with Gasteiger partial charge in [-0.15, -0.1) is 0 Å². The van der Waals surface area contributed by atoms with Crippen LogP contribution in [0.5, 0.6) is 5.88 Å². The largest absolute Gasteiger partial charge is 0.478 e. The van der Waals surface area contributed by atoms with E-state index >= 15 is 0 Å². The molecule has 2 aromatic rings. The molecule has 106 valence electrons. The van der Waals surface area contributed by atoms with Crippen LogP contribution in [0.1, 0.15) is 31.0 Å². The summed E-state index contributed by atoms with van der Waals surface area (Å²) >= 11 is 0. The average molecular weight is 273 g/mol. The Morgan fingerprint density at radius 3 is 3.20 bits per heavy atom. The van der Waals surface area contributed by atoms with Gasteiger partial charge in [0.05, 0.1) is 12.8 Å². The summed E-state index contributed by atoms with van der Waals surface area (Å²) in [5.41, 5.74) is 2.60. The van der Waals surface area contributed by atoms with Gasteiger partial charge in [0.1, 0.15) is 12.1 Å². The lowest BCUT2D eigenvalue weighted by Crippen LogP contribution is -2.13. The minimum atomic E-state index is 0.599. The molecular weight excluding hydrogens is 254 g/mol. The molecule has 0 aromatic carbocycles. The van der Waals surface area contributed by atoms with Gasteiger partial charge in [0.2, 0.25) is 5.88 Å². The zero-order valence-electron chi connectivity index (χ0n) is 11.7. The summed E-state index contributed by atoms with van der Waals surface area (Å²) < 4.78 is 7.48. The van der Waals surface area contributed by atoms with E-state index < -0.39 is 0 Å². The summed E-state index contributed by atoms with van der Waals surface area (Å²) in [4.78, 5) is 8.26. The molecule has 0 amide bonds. The van der Waals surface area contributed by atoms with Crippen LogP contribution in [-0.4, -0.2) is 26.4 Å². The molecule has 20 heavy (non-hydrogen) atoms. The molecule has 0 saturated heterocycles. The van der Waals surface area contributed by atoms with Crippen molar-refractivity contribution >= 4 is 5.82 Å². The highest BCUT2D eigenvalue weighted by molar-refractivity contribution is 5.38. The molecule has 0 atom stereocenters. The van der Waals surface area contributed by atoms with Crippen molar-refractivity contribution in [1.29, 1.82) is 0 Å². The lowest BCUT2D eigenvalue weighted by molar-refractivity contribution is 0.326. The van der Waals surface area contributed by atoms with E-state index in [1.54, 1.807) is 0 Å². The van der Waals surface area contributed by atoms with Crippen molar-refractivity contribution in [3.05, 3.63) is 29.8 Å². The Labute approximate surface area is 118 Å². The first-order valence-corrected chi connectivity index (χ1v) is 7.09. The number of aryl methyl sites for hydroxylation is 1. The summed E-state index contributed by atoms with van der Waals surface area (Å²) in [6.45, 7) is 4.32. The number of nitrogens with one attached hydrogen (secondary N) is 1. The van der Waals surface area contributed by atoms with Crippen LogP contribution >= 0.6 is 0 Å². The minimum absolute atomic E-state index is 0.599. The second-order valence-electron chi connectivity index (χ2n) is 4.82. The van der Waals surface area contributed by atoms with E-state index in [1.807, 2.05) is 19.2 Å². The molecular formula is C14H19N5O. The number of ether oxygens (including phenoxy) is 1. The van der Waals surface area contributed by atoms with Crippen LogP contribution in [0.15, 0.2) is 18.6 Å². The quantitative estimate of drug-likeness (QED) is 0.903. The SMILES string of the molecule is CCOc1cc(NCc2cnn3c2CCCC3)ncn1. The third-order valence-electron chi connectivity index (χ3n) is 3.46. The second-order valence-corrected chi connectivity index (χ2v) is 4.82. The Hall–Kier alpha value is -2.11. The molecule has 0 saturated carbocycles. The van der Waals surface area contributed by atoms with Crippen molar-refractivity contribution in [1.82, 2.24) is 19.7 Å². The maximum atomic E-state index is 5.37. The predicted molar refractivity (Wildman–Crippen MR) is 75.7 cm³/mol. The Bertz CT molecular complexity index is 581. The highest BCUT2D eigenvalue weighted by Crippen LogP contribution is 2.19. The van der Waals surface area contributed by atoms with Crippen molar-refractivity contribution in [2.24, 2.45) is 0 Å². The fraction of sp³-hybridized carbons (Fsp3) is 0.500. The molecule has 3 heterocycles. The molecule has 0 aliphatic carbocycles. The summed E-state index contributed by atoms with van der Waals surface area (Å²) in [6, 6.07) is 1.82. The van der Waals surface area contributed by atoms with E-state index in [0.29, 0.717) is 12.5 Å². The zero-order chi connectivity index (χ0) is 13.8. The predicted octanol–water partition coefficient (Wildman–Crippen LogP) is 2.02. The van der Waals surface area contributed by atoms with Gasteiger partial charge in [0, 0.05) is 30.4 Å². The lowest BCUT2D eigenvalue weighted by atomic mass is 10.1. The zero-order valence-corrected chi connectivity index (χ0v) is 11.7. The van der Waals surface area contributed by atoms with Crippen LogP contribution in [-0.2, 0) is 19.5 Å². The molecule has 6 nitrogen and oxygen atoms in total. The number of hydrogen-bond donors (Lipinski definition) is 1. The number of anilines is 1. The minimum Gasteiger partial charge on any atom is -0.478 e. The maximum absolute atomic E-state index is 5.37. The average Bonchev–Trinajstić information content (AvgIpc) is 2.89. The van der Waals surface area contributed by atoms with Crippen molar-refractivity contribution in [2.75, 3.05) is 11.9 Å². The number of nitrogens with zero attached hydrogens (tertiary/aromatic N) is 4. The van der Waals surface area contributed by atoms with Crippen molar-refractivity contribution < 1.29 is 4.74 Å². The number of hydrogen-bond acceptors (Lipinski definition) is 5. The van der Waals surface area contributed by atoms with E-state index in [-0.39, 0.29) is 0 Å². The van der Waals surface area contributed by atoms with Gasteiger partial charge in [-0.2, -0.15) is 5.10 Å². The molecule has 1 N–H and O–H groups in total. The summed E-state index contributed by atoms with van der Waals surface area (Å²) in [5, 5.41) is 7.75. The Morgan fingerprint density at radius 2 is 2.30 bits per heavy atom. The second kappa shape index (κ2) is 5.90. The smallest absolute Gasteiger partial charge is 0.218 e. The van der Waals surface area contributed by atoms with E-state index in [9.17, 15) is 0 Å². The van der Waals surface area contributed by atoms with Gasteiger partial charge in [-0.05, 0) is 26.2 Å². The van der Waals surface area contributed by atoms with Gasteiger partial charge in [-0.1, -0.05) is 0 Å². The lowest BCUT2D eigenvalue weighted by Gasteiger charge is -2.15.